The topological polar surface area (TPSA) is 147 Å². The van der Waals surface area contributed by atoms with Gasteiger partial charge in [-0.15, -0.1) is 0 Å². The first-order chi connectivity index (χ1) is 18.9. The van der Waals surface area contributed by atoms with Crippen molar-refractivity contribution in [2.24, 2.45) is 11.7 Å². The van der Waals surface area contributed by atoms with E-state index in [0.717, 1.165) is 12.1 Å². The van der Waals surface area contributed by atoms with E-state index in [9.17, 15) is 14.4 Å². The lowest BCUT2D eigenvalue weighted by Gasteiger charge is -2.39. The van der Waals surface area contributed by atoms with Crippen molar-refractivity contribution < 1.29 is 23.9 Å². The fourth-order valence-corrected chi connectivity index (χ4v) is 4.72. The molecule has 1 fully saturated rings. The fourth-order valence-electron chi connectivity index (χ4n) is 4.72. The number of amides is 3. The number of anilines is 1. The van der Waals surface area contributed by atoms with Gasteiger partial charge in [-0.3, -0.25) is 19.6 Å². The molecule has 216 valence electrons. The van der Waals surface area contributed by atoms with Crippen molar-refractivity contribution in [3.8, 4) is 5.75 Å². The van der Waals surface area contributed by atoms with Crippen molar-refractivity contribution in [2.45, 2.75) is 73.1 Å². The second kappa shape index (κ2) is 11.6. The number of likely N-dealkylation sites (tertiary alicyclic amines) is 1. The van der Waals surface area contributed by atoms with Crippen LogP contribution in [0.25, 0.3) is 11.0 Å². The van der Waals surface area contributed by atoms with Crippen LogP contribution in [0.3, 0.4) is 0 Å². The van der Waals surface area contributed by atoms with Gasteiger partial charge in [0.05, 0.1) is 17.8 Å². The third-order valence-corrected chi connectivity index (χ3v) is 6.59. The minimum Gasteiger partial charge on any atom is -0.491 e. The van der Waals surface area contributed by atoms with Gasteiger partial charge in [-0.1, -0.05) is 6.92 Å². The molecule has 0 unspecified atom stereocenters. The Morgan fingerprint density at radius 3 is 2.50 bits per heavy atom. The number of imidazole rings is 1. The van der Waals surface area contributed by atoms with Gasteiger partial charge in [-0.2, -0.15) is 5.10 Å². The van der Waals surface area contributed by atoms with Crippen LogP contribution in [0.5, 0.6) is 5.75 Å². The average molecular weight is 554 g/mol. The first-order valence-electron chi connectivity index (χ1n) is 13.7. The Hall–Kier alpha value is -4.09. The Morgan fingerprint density at radius 2 is 1.88 bits per heavy atom. The number of primary amides is 1. The maximum absolute atomic E-state index is 13.2. The summed E-state index contributed by atoms with van der Waals surface area (Å²) in [6, 6.07) is 4.96. The fraction of sp³-hybridized carbons (Fsp3) is 0.536. The number of hydrogen-bond acceptors (Lipinski definition) is 7. The first kappa shape index (κ1) is 28.9. The molecule has 0 spiro atoms. The molecule has 3 amide bonds. The van der Waals surface area contributed by atoms with E-state index < -0.39 is 11.5 Å². The minimum atomic E-state index is -0.600. The maximum atomic E-state index is 13.2. The molecule has 3 heterocycles. The summed E-state index contributed by atoms with van der Waals surface area (Å²) in [7, 11) is 0. The molecule has 1 aromatic carbocycles. The molecular weight excluding hydrogens is 514 g/mol. The molecule has 4 rings (SSSR count). The number of benzene rings is 1. The number of aryl methyl sites for hydroxylation is 3. The summed E-state index contributed by atoms with van der Waals surface area (Å²) in [6.45, 7) is 14.0. The van der Waals surface area contributed by atoms with Gasteiger partial charge in [-0.05, 0) is 71.6 Å². The van der Waals surface area contributed by atoms with Gasteiger partial charge in [0.25, 0.3) is 5.91 Å². The number of nitrogens with two attached hydrogens (primary N) is 1. The number of carbonyl (C=O) groups is 3. The first-order valence-corrected chi connectivity index (χ1v) is 13.7. The monoisotopic (exact) mass is 553 g/mol. The highest BCUT2D eigenvalue weighted by Crippen LogP contribution is 2.32. The SMILES string of the molecule is CCCn1c(NC(=O)c2cc(C)nn2CC)nc2cc(C(N)=O)cc(OCCC3CN(C(=O)OC(C)(C)C)C3)c21. The standard InChI is InChI=1S/C28H39N7O5/c1-7-10-34-23-20(30-26(34)31-25(37)21-12-17(3)32-35(21)8-2)13-19(24(29)36)14-22(23)39-11-9-18-15-33(16-18)27(38)40-28(4,5)6/h12-14,18H,7-11,15-16H2,1-6H3,(H2,29,36)(H,30,31,37). The highest BCUT2D eigenvalue weighted by molar-refractivity contribution is 6.04. The molecule has 12 heteroatoms. The Labute approximate surface area is 233 Å². The molecule has 1 aliphatic heterocycles. The van der Waals surface area contributed by atoms with E-state index in [2.05, 4.69) is 15.4 Å². The van der Waals surface area contributed by atoms with Gasteiger partial charge in [0.2, 0.25) is 11.9 Å². The van der Waals surface area contributed by atoms with Gasteiger partial charge < -0.3 is 24.7 Å². The summed E-state index contributed by atoms with van der Waals surface area (Å²) in [5, 5.41) is 7.28. The summed E-state index contributed by atoms with van der Waals surface area (Å²) in [5.74, 6) is 0.167. The van der Waals surface area contributed by atoms with E-state index in [1.165, 1.54) is 0 Å². The van der Waals surface area contributed by atoms with Gasteiger partial charge in [0.15, 0.2) is 0 Å². The Kier molecular flexibility index (Phi) is 8.36. The molecule has 12 nitrogen and oxygen atoms in total. The molecule has 3 N–H and O–H groups in total. The summed E-state index contributed by atoms with van der Waals surface area (Å²) >= 11 is 0. The molecule has 40 heavy (non-hydrogen) atoms. The van der Waals surface area contributed by atoms with E-state index in [1.54, 1.807) is 27.8 Å². The van der Waals surface area contributed by atoms with E-state index in [0.29, 0.717) is 67.6 Å². The lowest BCUT2D eigenvalue weighted by molar-refractivity contribution is -0.00382. The zero-order valence-electron chi connectivity index (χ0n) is 24.1. The highest BCUT2D eigenvalue weighted by atomic mass is 16.6. The molecule has 0 saturated carbocycles. The number of fused-ring (bicyclic) bond motifs is 1. The predicted molar refractivity (Wildman–Crippen MR) is 151 cm³/mol. The van der Waals surface area contributed by atoms with Crippen LogP contribution in [0.4, 0.5) is 10.7 Å². The van der Waals surface area contributed by atoms with Crippen LogP contribution in [0.15, 0.2) is 18.2 Å². The van der Waals surface area contributed by atoms with Gasteiger partial charge in [0.1, 0.15) is 22.6 Å². The second-order valence-electron chi connectivity index (χ2n) is 11.1. The molecule has 0 aliphatic carbocycles. The number of nitrogens with one attached hydrogen (secondary N) is 1. The third kappa shape index (κ3) is 6.37. The van der Waals surface area contributed by atoms with Crippen LogP contribution in [-0.2, 0) is 17.8 Å². The van der Waals surface area contributed by atoms with Crippen molar-refractivity contribution in [1.29, 1.82) is 0 Å². The average Bonchev–Trinajstić information content (AvgIpc) is 3.39. The zero-order chi connectivity index (χ0) is 29.2. The molecule has 1 aliphatic rings. The second-order valence-corrected chi connectivity index (χ2v) is 11.1. The van der Waals surface area contributed by atoms with Crippen molar-refractivity contribution >= 4 is 34.9 Å². The van der Waals surface area contributed by atoms with E-state index in [-0.39, 0.29) is 23.5 Å². The molecule has 0 radical (unpaired) electrons. The van der Waals surface area contributed by atoms with Crippen LogP contribution in [0.1, 0.15) is 74.0 Å². The smallest absolute Gasteiger partial charge is 0.410 e. The van der Waals surface area contributed by atoms with Gasteiger partial charge >= 0.3 is 6.09 Å². The molecule has 0 bridgehead atoms. The maximum Gasteiger partial charge on any atom is 0.410 e. The van der Waals surface area contributed by atoms with E-state index in [1.807, 2.05) is 46.1 Å². The summed E-state index contributed by atoms with van der Waals surface area (Å²) in [4.78, 5) is 43.8. The number of ether oxygens (including phenoxy) is 2. The summed E-state index contributed by atoms with van der Waals surface area (Å²) in [6.07, 6.45) is 1.18. The number of carbonyl (C=O) groups excluding carboxylic acids is 3. The quantitative estimate of drug-likeness (QED) is 0.386. The van der Waals surface area contributed by atoms with Crippen molar-refractivity contribution in [3.63, 3.8) is 0 Å². The lowest BCUT2D eigenvalue weighted by atomic mass is 9.97. The van der Waals surface area contributed by atoms with Crippen LogP contribution < -0.4 is 15.8 Å². The zero-order valence-corrected chi connectivity index (χ0v) is 24.1. The van der Waals surface area contributed by atoms with Crippen LogP contribution in [0.2, 0.25) is 0 Å². The summed E-state index contributed by atoms with van der Waals surface area (Å²) < 4.78 is 15.1. The number of nitrogens with zero attached hydrogens (tertiary/aromatic N) is 5. The van der Waals surface area contributed by atoms with Gasteiger partial charge in [-0.25, -0.2) is 9.78 Å². The van der Waals surface area contributed by atoms with Crippen molar-refractivity contribution in [2.75, 3.05) is 25.0 Å². The lowest BCUT2D eigenvalue weighted by Crippen LogP contribution is -2.51. The number of rotatable bonds is 10. The van der Waals surface area contributed by atoms with Crippen molar-refractivity contribution in [1.82, 2.24) is 24.2 Å². The van der Waals surface area contributed by atoms with Gasteiger partial charge in [0, 0.05) is 31.7 Å². The molecule has 0 atom stereocenters. The third-order valence-electron chi connectivity index (χ3n) is 6.59. The summed E-state index contributed by atoms with van der Waals surface area (Å²) in [5.41, 5.74) is 7.69. The predicted octanol–water partition coefficient (Wildman–Crippen LogP) is 3.96. The minimum absolute atomic E-state index is 0.265. The van der Waals surface area contributed by atoms with Crippen molar-refractivity contribution in [3.05, 3.63) is 35.2 Å². The molecular formula is C28H39N7O5. The largest absolute Gasteiger partial charge is 0.491 e. The molecule has 2 aromatic heterocycles. The Bertz CT molecular complexity index is 1410. The normalized spacial score (nSPS) is 13.8. The van der Waals surface area contributed by atoms with E-state index >= 15 is 0 Å². The molecule has 3 aromatic rings. The number of aromatic nitrogens is 4. The molecule has 1 saturated heterocycles. The Morgan fingerprint density at radius 1 is 1.15 bits per heavy atom. The number of hydrogen-bond donors (Lipinski definition) is 2. The van der Waals surface area contributed by atoms with E-state index in [4.69, 9.17) is 15.2 Å². The van der Waals surface area contributed by atoms with Crippen LogP contribution in [-0.4, -0.2) is 67.4 Å². The van der Waals surface area contributed by atoms with Crippen LogP contribution in [0, 0.1) is 12.8 Å². The van der Waals surface area contributed by atoms with Crippen LogP contribution >= 0.6 is 0 Å². The highest BCUT2D eigenvalue weighted by Gasteiger charge is 2.33. The Balaban J connectivity index is 1.53.